The third-order valence-corrected chi connectivity index (χ3v) is 1.50. The van der Waals surface area contributed by atoms with Gasteiger partial charge in [0.1, 0.15) is 11.8 Å². The SMILES string of the molecule is CC1=CC(O)C(F)C(N=O)=C1. The van der Waals surface area contributed by atoms with Gasteiger partial charge in [-0.1, -0.05) is 5.57 Å². The lowest BCUT2D eigenvalue weighted by molar-refractivity contribution is 0.133. The Labute approximate surface area is 63.2 Å². The zero-order valence-corrected chi connectivity index (χ0v) is 5.99. The lowest BCUT2D eigenvalue weighted by Gasteiger charge is -2.15. The Morgan fingerprint density at radius 3 is 2.91 bits per heavy atom. The molecule has 2 unspecified atom stereocenters. The van der Waals surface area contributed by atoms with Gasteiger partial charge in [-0.05, 0) is 24.3 Å². The molecule has 0 amide bonds. The Balaban J connectivity index is 2.92. The molecule has 1 N–H and O–H groups in total. The van der Waals surface area contributed by atoms with E-state index >= 15 is 0 Å². The summed E-state index contributed by atoms with van der Waals surface area (Å²) in [5.41, 5.74) is 0.415. The van der Waals surface area contributed by atoms with Crippen LogP contribution in [0.3, 0.4) is 0 Å². The standard InChI is InChI=1S/C7H8FNO2/c1-4-2-5(9-11)7(8)6(10)3-4/h2-3,6-7,10H,1H3. The topological polar surface area (TPSA) is 49.7 Å². The summed E-state index contributed by atoms with van der Waals surface area (Å²) in [4.78, 5) is 9.96. The molecular formula is C7H8FNO2. The molecular weight excluding hydrogens is 149 g/mol. The third kappa shape index (κ3) is 1.51. The summed E-state index contributed by atoms with van der Waals surface area (Å²) in [5, 5.41) is 11.4. The maximum absolute atomic E-state index is 12.8. The summed E-state index contributed by atoms with van der Waals surface area (Å²) >= 11 is 0. The van der Waals surface area contributed by atoms with Gasteiger partial charge in [0.15, 0.2) is 6.17 Å². The summed E-state index contributed by atoms with van der Waals surface area (Å²) < 4.78 is 12.8. The second-order valence-electron chi connectivity index (χ2n) is 2.46. The van der Waals surface area contributed by atoms with Crippen LogP contribution >= 0.6 is 0 Å². The zero-order chi connectivity index (χ0) is 8.43. The van der Waals surface area contributed by atoms with E-state index in [1.54, 1.807) is 6.92 Å². The lowest BCUT2D eigenvalue weighted by Crippen LogP contribution is -2.23. The smallest absolute Gasteiger partial charge is 0.175 e. The van der Waals surface area contributed by atoms with Crippen molar-refractivity contribution in [3.8, 4) is 0 Å². The molecule has 0 saturated heterocycles. The van der Waals surface area contributed by atoms with Crippen LogP contribution in [0.4, 0.5) is 4.39 Å². The maximum atomic E-state index is 12.8. The number of nitroso groups, excluding NO2 is 1. The van der Waals surface area contributed by atoms with E-state index in [4.69, 9.17) is 5.11 Å². The van der Waals surface area contributed by atoms with E-state index in [1.165, 1.54) is 12.2 Å². The summed E-state index contributed by atoms with van der Waals surface area (Å²) in [5.74, 6) is 0. The van der Waals surface area contributed by atoms with Crippen LogP contribution in [0.25, 0.3) is 0 Å². The van der Waals surface area contributed by atoms with Crippen molar-refractivity contribution in [1.82, 2.24) is 0 Å². The van der Waals surface area contributed by atoms with Gasteiger partial charge in [-0.3, -0.25) is 0 Å². The van der Waals surface area contributed by atoms with Gasteiger partial charge < -0.3 is 5.11 Å². The molecule has 60 valence electrons. The Hall–Kier alpha value is -1.03. The van der Waals surface area contributed by atoms with Crippen molar-refractivity contribution < 1.29 is 9.50 Å². The fourth-order valence-corrected chi connectivity index (χ4v) is 0.966. The number of hydrogen-bond donors (Lipinski definition) is 1. The van der Waals surface area contributed by atoms with E-state index in [1.807, 2.05) is 0 Å². The van der Waals surface area contributed by atoms with Crippen LogP contribution in [0.1, 0.15) is 6.92 Å². The number of alkyl halides is 1. The van der Waals surface area contributed by atoms with Gasteiger partial charge in [-0.15, -0.1) is 4.91 Å². The van der Waals surface area contributed by atoms with Crippen molar-refractivity contribution in [3.63, 3.8) is 0 Å². The molecule has 0 aromatic rings. The van der Waals surface area contributed by atoms with Crippen molar-refractivity contribution in [2.24, 2.45) is 5.18 Å². The molecule has 4 heteroatoms. The predicted octanol–water partition coefficient (Wildman–Crippen LogP) is 1.30. The van der Waals surface area contributed by atoms with Gasteiger partial charge in [0.2, 0.25) is 0 Å². The monoisotopic (exact) mass is 157 g/mol. The fourth-order valence-electron chi connectivity index (χ4n) is 0.966. The molecule has 0 bridgehead atoms. The summed E-state index contributed by atoms with van der Waals surface area (Å²) in [6.07, 6.45) is -0.229. The number of nitrogens with zero attached hydrogens (tertiary/aromatic N) is 1. The molecule has 1 aliphatic carbocycles. The molecule has 0 aliphatic heterocycles. The highest BCUT2D eigenvalue weighted by molar-refractivity contribution is 5.31. The van der Waals surface area contributed by atoms with Gasteiger partial charge in [-0.25, -0.2) is 4.39 Å². The summed E-state index contributed by atoms with van der Waals surface area (Å²) in [6.45, 7) is 1.67. The van der Waals surface area contributed by atoms with Gasteiger partial charge >= 0.3 is 0 Å². The van der Waals surface area contributed by atoms with Crippen molar-refractivity contribution >= 4 is 0 Å². The Morgan fingerprint density at radius 1 is 1.73 bits per heavy atom. The highest BCUT2D eigenvalue weighted by Crippen LogP contribution is 2.21. The van der Waals surface area contributed by atoms with E-state index in [2.05, 4.69) is 5.18 Å². The van der Waals surface area contributed by atoms with Gasteiger partial charge in [-0.2, -0.15) is 0 Å². The molecule has 1 aliphatic rings. The molecule has 0 fully saturated rings. The minimum absolute atomic E-state index is 0.238. The maximum Gasteiger partial charge on any atom is 0.175 e. The van der Waals surface area contributed by atoms with Gasteiger partial charge in [0.05, 0.1) is 0 Å². The fraction of sp³-hybridized carbons (Fsp3) is 0.429. The van der Waals surface area contributed by atoms with E-state index < -0.39 is 12.3 Å². The van der Waals surface area contributed by atoms with Gasteiger partial charge in [0.25, 0.3) is 0 Å². The minimum Gasteiger partial charge on any atom is -0.386 e. The quantitative estimate of drug-likeness (QED) is 0.583. The van der Waals surface area contributed by atoms with Crippen LogP contribution in [0.5, 0.6) is 0 Å². The average Bonchev–Trinajstić information content (AvgIpc) is 1.96. The Morgan fingerprint density at radius 2 is 2.36 bits per heavy atom. The van der Waals surface area contributed by atoms with Crippen LogP contribution in [-0.2, 0) is 0 Å². The first-order chi connectivity index (χ1) is 5.15. The largest absolute Gasteiger partial charge is 0.386 e. The summed E-state index contributed by atoms with van der Waals surface area (Å²) in [7, 11) is 0. The second-order valence-corrected chi connectivity index (χ2v) is 2.46. The van der Waals surface area contributed by atoms with E-state index in [0.717, 1.165) is 0 Å². The van der Waals surface area contributed by atoms with Gasteiger partial charge in [0, 0.05) is 0 Å². The first-order valence-electron chi connectivity index (χ1n) is 3.20. The zero-order valence-electron chi connectivity index (χ0n) is 5.99. The number of allylic oxidation sites excluding steroid dienone is 2. The molecule has 0 aromatic carbocycles. The van der Waals surface area contributed by atoms with Crippen LogP contribution in [0, 0.1) is 4.91 Å². The lowest BCUT2D eigenvalue weighted by atomic mass is 10.0. The number of hydrogen-bond acceptors (Lipinski definition) is 3. The number of aliphatic hydroxyl groups is 1. The molecule has 11 heavy (non-hydrogen) atoms. The molecule has 1 rings (SSSR count). The molecule has 0 heterocycles. The molecule has 0 radical (unpaired) electrons. The van der Waals surface area contributed by atoms with E-state index in [-0.39, 0.29) is 5.70 Å². The van der Waals surface area contributed by atoms with Crippen molar-refractivity contribution in [3.05, 3.63) is 28.3 Å². The van der Waals surface area contributed by atoms with Crippen LogP contribution in [0.15, 0.2) is 28.6 Å². The number of rotatable bonds is 1. The average molecular weight is 157 g/mol. The van der Waals surface area contributed by atoms with Crippen LogP contribution in [-0.4, -0.2) is 17.4 Å². The molecule has 0 aromatic heterocycles. The number of halogens is 1. The molecule has 2 atom stereocenters. The third-order valence-electron chi connectivity index (χ3n) is 1.50. The van der Waals surface area contributed by atoms with Crippen LogP contribution in [0.2, 0.25) is 0 Å². The molecule has 3 nitrogen and oxygen atoms in total. The van der Waals surface area contributed by atoms with Crippen molar-refractivity contribution in [2.75, 3.05) is 0 Å². The van der Waals surface area contributed by atoms with Crippen LogP contribution < -0.4 is 0 Å². The predicted molar refractivity (Wildman–Crippen MR) is 38.5 cm³/mol. The first kappa shape index (κ1) is 8.07. The Kier molecular flexibility index (Phi) is 2.14. The second kappa shape index (κ2) is 2.92. The number of aliphatic hydroxyl groups excluding tert-OH is 1. The van der Waals surface area contributed by atoms with E-state index in [0.29, 0.717) is 5.57 Å². The molecule has 0 saturated carbocycles. The van der Waals surface area contributed by atoms with E-state index in [9.17, 15) is 9.30 Å². The molecule has 0 spiro atoms. The summed E-state index contributed by atoms with van der Waals surface area (Å²) in [6, 6.07) is 0. The first-order valence-corrected chi connectivity index (χ1v) is 3.20. The van der Waals surface area contributed by atoms with Crippen molar-refractivity contribution in [2.45, 2.75) is 19.2 Å². The normalized spacial score (nSPS) is 30.8. The highest BCUT2D eigenvalue weighted by atomic mass is 19.1. The minimum atomic E-state index is -1.67. The Bertz CT molecular complexity index is 235. The highest BCUT2D eigenvalue weighted by Gasteiger charge is 2.25. The van der Waals surface area contributed by atoms with Crippen molar-refractivity contribution in [1.29, 1.82) is 0 Å².